The molecule has 1 N–H and O–H groups in total. The molecule has 1 aromatic carbocycles. The molecular formula is C14H18N2O. The van der Waals surface area contributed by atoms with Gasteiger partial charge in [-0.3, -0.25) is 0 Å². The first-order valence-electron chi connectivity index (χ1n) is 5.98. The van der Waals surface area contributed by atoms with Crippen LogP contribution in [0.4, 0.5) is 0 Å². The normalized spacial score (nSPS) is 13.2. The molecule has 0 aliphatic carbocycles. The summed E-state index contributed by atoms with van der Waals surface area (Å²) in [6, 6.07) is 7.82. The molecule has 0 aliphatic heterocycles. The van der Waals surface area contributed by atoms with Crippen LogP contribution in [0.2, 0.25) is 0 Å². The quantitative estimate of drug-likeness (QED) is 0.881. The summed E-state index contributed by atoms with van der Waals surface area (Å²) in [5, 5.41) is 9.91. The third kappa shape index (κ3) is 2.61. The summed E-state index contributed by atoms with van der Waals surface area (Å²) in [5.74, 6) is 0.239. The monoisotopic (exact) mass is 230 g/mol. The zero-order valence-corrected chi connectivity index (χ0v) is 10.5. The Bertz CT molecular complexity index is 523. The molecule has 0 aliphatic rings. The van der Waals surface area contributed by atoms with E-state index in [1.54, 1.807) is 0 Å². The zero-order chi connectivity index (χ0) is 12.4. The number of hydrogen-bond donors (Lipinski definition) is 1. The maximum absolute atomic E-state index is 9.91. The van der Waals surface area contributed by atoms with Crippen LogP contribution in [-0.2, 0) is 6.42 Å². The summed E-state index contributed by atoms with van der Waals surface area (Å²) in [6.45, 7) is 5.96. The van der Waals surface area contributed by atoms with Gasteiger partial charge in [-0.2, -0.15) is 0 Å². The van der Waals surface area contributed by atoms with Crippen LogP contribution < -0.4 is 0 Å². The minimum absolute atomic E-state index is 0.239. The van der Waals surface area contributed by atoms with Crippen molar-refractivity contribution in [2.45, 2.75) is 33.3 Å². The molecule has 0 radical (unpaired) electrons. The number of nitrogens with zero attached hydrogens (tertiary/aromatic N) is 2. The second-order valence-corrected chi connectivity index (χ2v) is 4.76. The van der Waals surface area contributed by atoms with Crippen molar-refractivity contribution in [3.05, 3.63) is 35.7 Å². The first-order chi connectivity index (χ1) is 8.08. The highest BCUT2D eigenvalue weighted by Crippen LogP contribution is 2.15. The van der Waals surface area contributed by atoms with E-state index in [-0.39, 0.29) is 12.0 Å². The lowest BCUT2D eigenvalue weighted by molar-refractivity contribution is 0.124. The summed E-state index contributed by atoms with van der Waals surface area (Å²) in [7, 11) is 0. The van der Waals surface area contributed by atoms with Gasteiger partial charge in [0.2, 0.25) is 0 Å². The summed E-state index contributed by atoms with van der Waals surface area (Å²) < 4.78 is 0. The highest BCUT2D eigenvalue weighted by atomic mass is 16.3. The minimum atomic E-state index is -0.357. The van der Waals surface area contributed by atoms with Gasteiger partial charge in [-0.15, -0.1) is 0 Å². The van der Waals surface area contributed by atoms with Crippen LogP contribution in [-0.4, -0.2) is 21.2 Å². The predicted molar refractivity (Wildman–Crippen MR) is 68.8 cm³/mol. The van der Waals surface area contributed by atoms with Gasteiger partial charge in [0.05, 0.1) is 28.5 Å². The van der Waals surface area contributed by atoms with Crippen molar-refractivity contribution in [3.8, 4) is 0 Å². The Morgan fingerprint density at radius 1 is 1.12 bits per heavy atom. The van der Waals surface area contributed by atoms with Crippen LogP contribution in [0, 0.1) is 12.8 Å². The summed E-state index contributed by atoms with van der Waals surface area (Å²) in [5.41, 5.74) is 3.60. The summed E-state index contributed by atoms with van der Waals surface area (Å²) in [6.07, 6.45) is 0.214. The Balaban J connectivity index is 2.37. The second-order valence-electron chi connectivity index (χ2n) is 4.76. The van der Waals surface area contributed by atoms with Crippen LogP contribution in [0.1, 0.15) is 25.2 Å². The molecule has 3 heteroatoms. The highest BCUT2D eigenvalue weighted by molar-refractivity contribution is 5.74. The lowest BCUT2D eigenvalue weighted by atomic mass is 10.0. The molecule has 2 aromatic rings. The molecule has 90 valence electrons. The van der Waals surface area contributed by atoms with E-state index in [4.69, 9.17) is 0 Å². The molecule has 1 heterocycles. The largest absolute Gasteiger partial charge is 0.392 e. The van der Waals surface area contributed by atoms with Gasteiger partial charge in [0, 0.05) is 6.42 Å². The molecule has 1 unspecified atom stereocenters. The summed E-state index contributed by atoms with van der Waals surface area (Å²) >= 11 is 0. The van der Waals surface area contributed by atoms with Crippen LogP contribution in [0.15, 0.2) is 24.3 Å². The van der Waals surface area contributed by atoms with E-state index >= 15 is 0 Å². The number of fused-ring (bicyclic) bond motifs is 1. The number of rotatable bonds is 3. The van der Waals surface area contributed by atoms with Gasteiger partial charge in [-0.05, 0) is 25.0 Å². The predicted octanol–water partition coefficient (Wildman–Crippen LogP) is 2.50. The maximum Gasteiger partial charge on any atom is 0.0890 e. The van der Waals surface area contributed by atoms with Crippen LogP contribution in [0.3, 0.4) is 0 Å². The fraction of sp³-hybridized carbons (Fsp3) is 0.429. The first-order valence-corrected chi connectivity index (χ1v) is 5.98. The van der Waals surface area contributed by atoms with Gasteiger partial charge >= 0.3 is 0 Å². The number of para-hydroxylation sites is 2. The van der Waals surface area contributed by atoms with Crippen molar-refractivity contribution in [1.82, 2.24) is 9.97 Å². The molecule has 17 heavy (non-hydrogen) atoms. The van der Waals surface area contributed by atoms with Crippen LogP contribution in [0.5, 0.6) is 0 Å². The minimum Gasteiger partial charge on any atom is -0.392 e. The van der Waals surface area contributed by atoms with Crippen LogP contribution in [0.25, 0.3) is 11.0 Å². The molecule has 0 spiro atoms. The zero-order valence-electron chi connectivity index (χ0n) is 10.5. The maximum atomic E-state index is 9.91. The summed E-state index contributed by atoms with van der Waals surface area (Å²) in [4.78, 5) is 9.09. The molecule has 0 amide bonds. The van der Waals surface area contributed by atoms with E-state index in [9.17, 15) is 5.11 Å². The third-order valence-corrected chi connectivity index (χ3v) is 3.01. The SMILES string of the molecule is Cc1nc2ccccc2nc1CC(O)C(C)C. The van der Waals surface area contributed by atoms with Crippen molar-refractivity contribution < 1.29 is 5.11 Å². The average Bonchev–Trinajstić information content (AvgIpc) is 2.29. The standard InChI is InChI=1S/C14H18N2O/c1-9(2)14(17)8-13-10(3)15-11-6-4-5-7-12(11)16-13/h4-7,9,14,17H,8H2,1-3H3. The third-order valence-electron chi connectivity index (χ3n) is 3.01. The fourth-order valence-electron chi connectivity index (χ4n) is 1.75. The number of benzene rings is 1. The number of aliphatic hydroxyl groups is 1. The average molecular weight is 230 g/mol. The van der Waals surface area contributed by atoms with E-state index in [2.05, 4.69) is 9.97 Å². The van der Waals surface area contributed by atoms with Gasteiger partial charge in [-0.25, -0.2) is 9.97 Å². The number of aliphatic hydroxyl groups excluding tert-OH is 1. The molecule has 1 aromatic heterocycles. The van der Waals surface area contributed by atoms with Gasteiger partial charge in [-0.1, -0.05) is 26.0 Å². The van der Waals surface area contributed by atoms with Crippen molar-refractivity contribution >= 4 is 11.0 Å². The van der Waals surface area contributed by atoms with E-state index in [0.29, 0.717) is 6.42 Å². The van der Waals surface area contributed by atoms with Crippen molar-refractivity contribution in [1.29, 1.82) is 0 Å². The van der Waals surface area contributed by atoms with Crippen LogP contribution >= 0.6 is 0 Å². The Morgan fingerprint density at radius 3 is 2.29 bits per heavy atom. The molecule has 3 nitrogen and oxygen atoms in total. The molecule has 0 saturated heterocycles. The van der Waals surface area contributed by atoms with E-state index < -0.39 is 0 Å². The smallest absolute Gasteiger partial charge is 0.0890 e. The lowest BCUT2D eigenvalue weighted by Gasteiger charge is -2.15. The number of aryl methyl sites for hydroxylation is 1. The van der Waals surface area contributed by atoms with Gasteiger partial charge in [0.25, 0.3) is 0 Å². The van der Waals surface area contributed by atoms with Crippen molar-refractivity contribution in [3.63, 3.8) is 0 Å². The molecule has 0 fully saturated rings. The molecular weight excluding hydrogens is 212 g/mol. The molecule has 2 rings (SSSR count). The van der Waals surface area contributed by atoms with Gasteiger partial charge in [0.15, 0.2) is 0 Å². The van der Waals surface area contributed by atoms with Crippen molar-refractivity contribution in [2.24, 2.45) is 5.92 Å². The Labute approximate surface area is 102 Å². The molecule has 1 atom stereocenters. The van der Waals surface area contributed by atoms with E-state index in [0.717, 1.165) is 22.4 Å². The van der Waals surface area contributed by atoms with Gasteiger partial charge in [0.1, 0.15) is 0 Å². The Morgan fingerprint density at radius 2 is 1.71 bits per heavy atom. The number of hydrogen-bond acceptors (Lipinski definition) is 3. The topological polar surface area (TPSA) is 46.0 Å². The van der Waals surface area contributed by atoms with E-state index in [1.807, 2.05) is 45.0 Å². The van der Waals surface area contributed by atoms with E-state index in [1.165, 1.54) is 0 Å². The second kappa shape index (κ2) is 4.80. The molecule has 0 saturated carbocycles. The number of aromatic nitrogens is 2. The van der Waals surface area contributed by atoms with Crippen molar-refractivity contribution in [2.75, 3.05) is 0 Å². The molecule has 0 bridgehead atoms. The highest BCUT2D eigenvalue weighted by Gasteiger charge is 2.13. The fourth-order valence-corrected chi connectivity index (χ4v) is 1.75. The first kappa shape index (κ1) is 12.0. The lowest BCUT2D eigenvalue weighted by Crippen LogP contribution is -2.19. The van der Waals surface area contributed by atoms with Gasteiger partial charge < -0.3 is 5.11 Å². The Kier molecular flexibility index (Phi) is 3.38. The Hall–Kier alpha value is -1.48.